The molecular weight excluding hydrogens is 438 g/mol. The number of unbranched alkanes of at least 4 members (excludes halogenated alkanes) is 1. The second-order valence-corrected chi connectivity index (χ2v) is 8.60. The average molecular weight is 478 g/mol. The fourth-order valence-electron chi connectivity index (χ4n) is 3.33. The molecule has 3 amide bonds. The van der Waals surface area contributed by atoms with Crippen LogP contribution >= 0.6 is 0 Å². The molecule has 1 aromatic rings. The molecule has 0 aliphatic carbocycles. The molecule has 0 spiro atoms. The van der Waals surface area contributed by atoms with E-state index in [1.165, 1.54) is 6.92 Å². The molecule has 0 fully saturated rings. The van der Waals surface area contributed by atoms with Crippen LogP contribution in [0.3, 0.4) is 0 Å². The van der Waals surface area contributed by atoms with E-state index in [2.05, 4.69) is 16.0 Å². The SMILES string of the molecule is CCC(C)C(NC(=O)C(CCCCN)NC(=O)C(Cc1ccccc1)NC(=O)C(C)N)C(=O)O. The Hall–Kier alpha value is -2.98. The number of benzene rings is 1. The van der Waals surface area contributed by atoms with Crippen molar-refractivity contribution >= 4 is 23.7 Å². The molecule has 0 aliphatic rings. The highest BCUT2D eigenvalue weighted by atomic mass is 16.4. The van der Waals surface area contributed by atoms with Crippen LogP contribution in [0.15, 0.2) is 30.3 Å². The van der Waals surface area contributed by atoms with Crippen LogP contribution in [0.25, 0.3) is 0 Å². The number of hydrogen-bond acceptors (Lipinski definition) is 6. The van der Waals surface area contributed by atoms with Gasteiger partial charge in [0.25, 0.3) is 0 Å². The number of carbonyl (C=O) groups is 4. The number of hydrogen-bond donors (Lipinski definition) is 6. The van der Waals surface area contributed by atoms with Gasteiger partial charge in [0.15, 0.2) is 0 Å². The van der Waals surface area contributed by atoms with Crippen molar-refractivity contribution in [1.29, 1.82) is 0 Å². The van der Waals surface area contributed by atoms with Gasteiger partial charge >= 0.3 is 5.97 Å². The Labute approximate surface area is 201 Å². The van der Waals surface area contributed by atoms with Gasteiger partial charge in [-0.05, 0) is 44.2 Å². The first kappa shape index (κ1) is 29.1. The smallest absolute Gasteiger partial charge is 0.326 e. The summed E-state index contributed by atoms with van der Waals surface area (Å²) in [6.45, 7) is 5.51. The van der Waals surface area contributed by atoms with E-state index in [1.54, 1.807) is 6.92 Å². The molecule has 10 heteroatoms. The number of carboxylic acids is 1. The first-order chi connectivity index (χ1) is 16.1. The van der Waals surface area contributed by atoms with Gasteiger partial charge in [0.05, 0.1) is 6.04 Å². The summed E-state index contributed by atoms with van der Waals surface area (Å²) in [7, 11) is 0. The van der Waals surface area contributed by atoms with Crippen molar-refractivity contribution < 1.29 is 24.3 Å². The van der Waals surface area contributed by atoms with Crippen LogP contribution in [0.4, 0.5) is 0 Å². The lowest BCUT2D eigenvalue weighted by molar-refractivity contribution is -0.144. The lowest BCUT2D eigenvalue weighted by atomic mass is 9.98. The van der Waals surface area contributed by atoms with Crippen LogP contribution in [0, 0.1) is 5.92 Å². The molecule has 5 unspecified atom stereocenters. The largest absolute Gasteiger partial charge is 0.480 e. The summed E-state index contributed by atoms with van der Waals surface area (Å²) in [5, 5.41) is 17.4. The Bertz CT molecular complexity index is 802. The quantitative estimate of drug-likeness (QED) is 0.197. The number of nitrogens with one attached hydrogen (secondary N) is 3. The monoisotopic (exact) mass is 477 g/mol. The average Bonchev–Trinajstić information content (AvgIpc) is 2.81. The third kappa shape index (κ3) is 9.88. The van der Waals surface area contributed by atoms with Crippen molar-refractivity contribution in [2.45, 2.75) is 77.0 Å². The van der Waals surface area contributed by atoms with Gasteiger partial charge in [-0.25, -0.2) is 4.79 Å². The lowest BCUT2D eigenvalue weighted by Crippen LogP contribution is -2.58. The highest BCUT2D eigenvalue weighted by Gasteiger charge is 2.31. The summed E-state index contributed by atoms with van der Waals surface area (Å²) in [6, 6.07) is 5.30. The minimum absolute atomic E-state index is 0.201. The Balaban J connectivity index is 3.07. The van der Waals surface area contributed by atoms with E-state index < -0.39 is 47.9 Å². The molecule has 1 rings (SSSR count). The summed E-state index contributed by atoms with van der Waals surface area (Å²) in [5.41, 5.74) is 12.0. The highest BCUT2D eigenvalue weighted by molar-refractivity contribution is 5.94. The number of aliphatic carboxylic acids is 1. The number of carboxylic acid groups (broad SMARTS) is 1. The predicted molar refractivity (Wildman–Crippen MR) is 130 cm³/mol. The van der Waals surface area contributed by atoms with Crippen LogP contribution in [0.1, 0.15) is 52.0 Å². The molecule has 0 saturated carbocycles. The number of rotatable bonds is 15. The van der Waals surface area contributed by atoms with E-state index in [-0.39, 0.29) is 18.8 Å². The summed E-state index contributed by atoms with van der Waals surface area (Å²) in [5.74, 6) is -3.07. The number of amides is 3. The van der Waals surface area contributed by atoms with Gasteiger partial charge in [-0.2, -0.15) is 0 Å². The zero-order valence-electron chi connectivity index (χ0n) is 20.3. The molecule has 10 nitrogen and oxygen atoms in total. The van der Waals surface area contributed by atoms with Crippen molar-refractivity contribution in [2.75, 3.05) is 6.54 Å². The van der Waals surface area contributed by atoms with E-state index in [4.69, 9.17) is 11.5 Å². The minimum Gasteiger partial charge on any atom is -0.480 e. The molecule has 1 aromatic carbocycles. The van der Waals surface area contributed by atoms with Crippen LogP contribution in [0.5, 0.6) is 0 Å². The second kappa shape index (κ2) is 15.0. The van der Waals surface area contributed by atoms with E-state index in [0.29, 0.717) is 25.8 Å². The predicted octanol–water partition coefficient (Wildman–Crippen LogP) is 0.290. The van der Waals surface area contributed by atoms with Gasteiger partial charge in [-0.3, -0.25) is 14.4 Å². The van der Waals surface area contributed by atoms with Crippen molar-refractivity contribution in [3.05, 3.63) is 35.9 Å². The van der Waals surface area contributed by atoms with Gasteiger partial charge in [0.1, 0.15) is 18.1 Å². The van der Waals surface area contributed by atoms with Crippen molar-refractivity contribution in [2.24, 2.45) is 17.4 Å². The molecule has 0 saturated heterocycles. The third-order valence-corrected chi connectivity index (χ3v) is 5.69. The zero-order chi connectivity index (χ0) is 25.7. The fraction of sp³-hybridized carbons (Fsp3) is 0.583. The van der Waals surface area contributed by atoms with Crippen molar-refractivity contribution in [1.82, 2.24) is 16.0 Å². The van der Waals surface area contributed by atoms with Crippen LogP contribution in [0.2, 0.25) is 0 Å². The van der Waals surface area contributed by atoms with Crippen LogP contribution in [-0.4, -0.2) is 59.5 Å². The van der Waals surface area contributed by atoms with Gasteiger partial charge in [-0.15, -0.1) is 0 Å². The number of nitrogens with two attached hydrogens (primary N) is 2. The maximum absolute atomic E-state index is 13.2. The van der Waals surface area contributed by atoms with E-state index in [0.717, 1.165) is 5.56 Å². The summed E-state index contributed by atoms with van der Waals surface area (Å²) in [4.78, 5) is 50.1. The maximum Gasteiger partial charge on any atom is 0.326 e. The van der Waals surface area contributed by atoms with Gasteiger partial charge < -0.3 is 32.5 Å². The minimum atomic E-state index is -1.14. The molecule has 0 radical (unpaired) electrons. The highest BCUT2D eigenvalue weighted by Crippen LogP contribution is 2.10. The summed E-state index contributed by atoms with van der Waals surface area (Å²) in [6.07, 6.45) is 2.24. The maximum atomic E-state index is 13.2. The van der Waals surface area contributed by atoms with E-state index in [1.807, 2.05) is 37.3 Å². The standard InChI is InChI=1S/C24H39N5O5/c1-4-15(2)20(24(33)34)29-22(31)18(12-8-9-13-25)27-23(32)19(28-21(30)16(3)26)14-17-10-6-5-7-11-17/h5-7,10-11,15-16,18-20H,4,8-9,12-14,25-26H2,1-3H3,(H,27,32)(H,28,30)(H,29,31)(H,33,34). The normalized spacial score (nSPS) is 15.3. The molecule has 34 heavy (non-hydrogen) atoms. The molecular formula is C24H39N5O5. The van der Waals surface area contributed by atoms with Crippen LogP contribution < -0.4 is 27.4 Å². The molecule has 190 valence electrons. The second-order valence-electron chi connectivity index (χ2n) is 8.60. The van der Waals surface area contributed by atoms with Gasteiger partial charge in [0, 0.05) is 6.42 Å². The first-order valence-electron chi connectivity index (χ1n) is 11.7. The third-order valence-electron chi connectivity index (χ3n) is 5.69. The molecule has 0 aliphatic heterocycles. The fourth-order valence-corrected chi connectivity index (χ4v) is 3.33. The Morgan fingerprint density at radius 2 is 1.50 bits per heavy atom. The lowest BCUT2D eigenvalue weighted by Gasteiger charge is -2.26. The first-order valence-corrected chi connectivity index (χ1v) is 11.7. The zero-order valence-corrected chi connectivity index (χ0v) is 20.3. The van der Waals surface area contributed by atoms with E-state index in [9.17, 15) is 24.3 Å². The molecule has 0 heterocycles. The van der Waals surface area contributed by atoms with Crippen molar-refractivity contribution in [3.8, 4) is 0 Å². The van der Waals surface area contributed by atoms with Gasteiger partial charge in [-0.1, -0.05) is 50.6 Å². The van der Waals surface area contributed by atoms with Gasteiger partial charge in [0.2, 0.25) is 17.7 Å². The Kier molecular flexibility index (Phi) is 12.8. The molecule has 8 N–H and O–H groups in total. The van der Waals surface area contributed by atoms with Crippen molar-refractivity contribution in [3.63, 3.8) is 0 Å². The topological polar surface area (TPSA) is 177 Å². The number of carbonyl (C=O) groups excluding carboxylic acids is 3. The Morgan fingerprint density at radius 3 is 2.03 bits per heavy atom. The molecule has 0 aromatic heterocycles. The summed E-state index contributed by atoms with van der Waals surface area (Å²) >= 11 is 0. The molecule has 5 atom stereocenters. The van der Waals surface area contributed by atoms with Crippen LogP contribution in [-0.2, 0) is 25.6 Å². The van der Waals surface area contributed by atoms with E-state index >= 15 is 0 Å². The summed E-state index contributed by atoms with van der Waals surface area (Å²) < 4.78 is 0. The molecule has 0 bridgehead atoms. The Morgan fingerprint density at radius 1 is 0.912 bits per heavy atom.